The number of ether oxygens (including phenoxy) is 2. The lowest BCUT2D eigenvalue weighted by molar-refractivity contribution is -0.116. The van der Waals surface area contributed by atoms with Gasteiger partial charge in [-0.3, -0.25) is 9.10 Å². The first-order chi connectivity index (χ1) is 15.1. The highest BCUT2D eigenvalue weighted by molar-refractivity contribution is 7.92. The molecule has 0 saturated carbocycles. The maximum atomic E-state index is 12.5. The molecule has 0 unspecified atom stereocenters. The minimum atomic E-state index is -3.54. The Morgan fingerprint density at radius 3 is 2.16 bits per heavy atom. The molecule has 0 radical (unpaired) electrons. The van der Waals surface area contributed by atoms with Gasteiger partial charge in [0.05, 0.1) is 43.0 Å². The summed E-state index contributed by atoms with van der Waals surface area (Å²) in [5, 5.41) is 2.59. The third-order valence-electron chi connectivity index (χ3n) is 4.61. The Labute approximate surface area is 187 Å². The largest absolute Gasteiger partial charge is 0.465 e. The molecule has 32 heavy (non-hydrogen) atoms. The van der Waals surface area contributed by atoms with Crippen molar-refractivity contribution in [2.45, 2.75) is 19.8 Å². The molecule has 0 aliphatic heterocycles. The van der Waals surface area contributed by atoms with E-state index in [0.29, 0.717) is 5.69 Å². The summed E-state index contributed by atoms with van der Waals surface area (Å²) in [5.41, 5.74) is 1.83. The van der Waals surface area contributed by atoms with Gasteiger partial charge in [-0.25, -0.2) is 18.0 Å². The zero-order valence-corrected chi connectivity index (χ0v) is 19.2. The highest BCUT2D eigenvalue weighted by Crippen LogP contribution is 2.21. The number of amides is 1. The fourth-order valence-corrected chi connectivity index (χ4v) is 3.94. The van der Waals surface area contributed by atoms with E-state index in [2.05, 4.69) is 10.1 Å². The van der Waals surface area contributed by atoms with Gasteiger partial charge in [-0.15, -0.1) is 0 Å². The van der Waals surface area contributed by atoms with Crippen molar-refractivity contribution in [3.05, 3.63) is 59.2 Å². The Balaban J connectivity index is 2.12. The molecule has 0 fully saturated rings. The summed E-state index contributed by atoms with van der Waals surface area (Å²) in [6.07, 6.45) is 1.33. The van der Waals surface area contributed by atoms with E-state index in [0.717, 1.165) is 11.8 Å². The predicted octanol–water partition coefficient (Wildman–Crippen LogP) is 2.75. The summed E-state index contributed by atoms with van der Waals surface area (Å²) in [5.74, 6) is -1.76. The van der Waals surface area contributed by atoms with Crippen LogP contribution in [-0.2, 0) is 24.3 Å². The third-order valence-corrected chi connectivity index (χ3v) is 5.80. The highest BCUT2D eigenvalue weighted by atomic mass is 32.2. The number of nitrogens with zero attached hydrogens (tertiary/aromatic N) is 1. The molecule has 0 heterocycles. The molecule has 1 N–H and O–H groups in total. The van der Waals surface area contributed by atoms with Crippen LogP contribution in [0.1, 0.15) is 39.1 Å². The highest BCUT2D eigenvalue weighted by Gasteiger charge is 2.19. The number of aryl methyl sites for hydroxylation is 1. The zero-order valence-electron chi connectivity index (χ0n) is 18.4. The second-order valence-corrected chi connectivity index (χ2v) is 8.97. The molecule has 1 amide bonds. The van der Waals surface area contributed by atoms with E-state index in [1.807, 2.05) is 19.1 Å². The quantitative estimate of drug-likeness (QED) is 0.569. The number of esters is 2. The number of hydrogen-bond acceptors (Lipinski definition) is 7. The number of sulfonamides is 1. The van der Waals surface area contributed by atoms with Gasteiger partial charge in [0.15, 0.2) is 0 Å². The van der Waals surface area contributed by atoms with Gasteiger partial charge in [0.2, 0.25) is 15.9 Å². The second-order valence-electron chi connectivity index (χ2n) is 7.07. The molecule has 172 valence electrons. The van der Waals surface area contributed by atoms with Crippen LogP contribution in [0.2, 0.25) is 0 Å². The topological polar surface area (TPSA) is 119 Å². The molecule has 0 aliphatic rings. The number of methoxy groups -OCH3 is 2. The van der Waals surface area contributed by atoms with Gasteiger partial charge in [0.25, 0.3) is 0 Å². The fourth-order valence-electron chi connectivity index (χ4n) is 2.97. The molecule has 2 aromatic rings. The zero-order chi connectivity index (χ0) is 23.9. The van der Waals surface area contributed by atoms with Crippen molar-refractivity contribution in [1.29, 1.82) is 0 Å². The average molecular weight is 463 g/mol. The van der Waals surface area contributed by atoms with E-state index in [1.165, 1.54) is 36.7 Å². The first kappa shape index (κ1) is 24.9. The molecule has 2 aromatic carbocycles. The molecular weight excluding hydrogens is 436 g/mol. The summed E-state index contributed by atoms with van der Waals surface area (Å²) in [6.45, 7) is 2.00. The van der Waals surface area contributed by atoms with Crippen molar-refractivity contribution >= 4 is 39.2 Å². The van der Waals surface area contributed by atoms with Crippen LogP contribution in [0.4, 0.5) is 11.4 Å². The van der Waals surface area contributed by atoms with Crippen molar-refractivity contribution in [2.24, 2.45) is 0 Å². The monoisotopic (exact) mass is 462 g/mol. The van der Waals surface area contributed by atoms with E-state index < -0.39 is 27.9 Å². The van der Waals surface area contributed by atoms with Crippen molar-refractivity contribution in [3.8, 4) is 0 Å². The molecule has 9 nitrogen and oxygen atoms in total. The fraction of sp³-hybridized carbons (Fsp3) is 0.318. The maximum absolute atomic E-state index is 12.5. The van der Waals surface area contributed by atoms with Gasteiger partial charge in [-0.05, 0) is 43.7 Å². The molecule has 10 heteroatoms. The van der Waals surface area contributed by atoms with Gasteiger partial charge in [-0.2, -0.15) is 0 Å². The van der Waals surface area contributed by atoms with E-state index >= 15 is 0 Å². The van der Waals surface area contributed by atoms with E-state index in [9.17, 15) is 22.8 Å². The minimum absolute atomic E-state index is 0.0130. The Morgan fingerprint density at radius 2 is 1.59 bits per heavy atom. The Morgan fingerprint density at radius 1 is 0.969 bits per heavy atom. The number of nitrogens with one attached hydrogen (secondary N) is 1. The van der Waals surface area contributed by atoms with Gasteiger partial charge < -0.3 is 14.8 Å². The molecule has 0 aliphatic carbocycles. The number of carbonyl (C=O) groups excluding carboxylic acids is 3. The lowest BCUT2D eigenvalue weighted by Crippen LogP contribution is -2.31. The number of rotatable bonds is 9. The number of anilines is 2. The van der Waals surface area contributed by atoms with Crippen LogP contribution in [0, 0.1) is 6.92 Å². The third kappa shape index (κ3) is 6.55. The first-order valence-electron chi connectivity index (χ1n) is 9.71. The SMILES string of the molecule is COC(=O)c1ccc(C(=O)OC)c(NC(=O)CCCN(c2ccc(C)cc2)S(C)(=O)=O)c1. The summed E-state index contributed by atoms with van der Waals surface area (Å²) in [4.78, 5) is 36.3. The molecule has 0 spiro atoms. The van der Waals surface area contributed by atoms with Gasteiger partial charge in [-0.1, -0.05) is 17.7 Å². The maximum Gasteiger partial charge on any atom is 0.339 e. The van der Waals surface area contributed by atoms with Crippen LogP contribution in [0.25, 0.3) is 0 Å². The molecule has 0 aromatic heterocycles. The Kier molecular flexibility index (Phi) is 8.36. The van der Waals surface area contributed by atoms with E-state index in [4.69, 9.17) is 4.74 Å². The number of benzene rings is 2. The minimum Gasteiger partial charge on any atom is -0.465 e. The van der Waals surface area contributed by atoms with E-state index in [1.54, 1.807) is 12.1 Å². The summed E-state index contributed by atoms with van der Waals surface area (Å²) in [6, 6.07) is 11.1. The standard InChI is InChI=1S/C22H26N2O7S/c1-15-7-10-17(11-8-15)24(32(4,28)29)13-5-6-20(25)23-19-14-16(21(26)30-2)9-12-18(19)22(27)31-3/h7-12,14H,5-6,13H2,1-4H3,(H,23,25). The predicted molar refractivity (Wildman–Crippen MR) is 120 cm³/mol. The molecule has 0 saturated heterocycles. The van der Waals surface area contributed by atoms with Crippen LogP contribution < -0.4 is 9.62 Å². The van der Waals surface area contributed by atoms with Gasteiger partial charge in [0.1, 0.15) is 0 Å². The lowest BCUT2D eigenvalue weighted by atomic mass is 10.1. The van der Waals surface area contributed by atoms with Crippen LogP contribution in [0.5, 0.6) is 0 Å². The van der Waals surface area contributed by atoms with Gasteiger partial charge >= 0.3 is 11.9 Å². The van der Waals surface area contributed by atoms with E-state index in [-0.39, 0.29) is 36.2 Å². The van der Waals surface area contributed by atoms with Crippen LogP contribution in [0.3, 0.4) is 0 Å². The molecule has 0 atom stereocenters. The summed E-state index contributed by atoms with van der Waals surface area (Å²) in [7, 11) is -1.12. The summed E-state index contributed by atoms with van der Waals surface area (Å²) < 4.78 is 35.0. The molecular formula is C22H26N2O7S. The van der Waals surface area contributed by atoms with Crippen molar-refractivity contribution in [1.82, 2.24) is 0 Å². The van der Waals surface area contributed by atoms with Crippen molar-refractivity contribution < 1.29 is 32.3 Å². The lowest BCUT2D eigenvalue weighted by Gasteiger charge is -2.22. The normalized spacial score (nSPS) is 10.9. The first-order valence-corrected chi connectivity index (χ1v) is 11.6. The van der Waals surface area contributed by atoms with Crippen molar-refractivity contribution in [3.63, 3.8) is 0 Å². The van der Waals surface area contributed by atoms with Gasteiger partial charge in [0, 0.05) is 13.0 Å². The smallest absolute Gasteiger partial charge is 0.339 e. The average Bonchev–Trinajstić information content (AvgIpc) is 2.75. The Bertz CT molecular complexity index is 1100. The summed E-state index contributed by atoms with van der Waals surface area (Å²) >= 11 is 0. The second kappa shape index (κ2) is 10.8. The van der Waals surface area contributed by atoms with Crippen LogP contribution in [-0.4, -0.2) is 53.3 Å². The number of hydrogen-bond donors (Lipinski definition) is 1. The molecule has 2 rings (SSSR count). The van der Waals surface area contributed by atoms with Crippen LogP contribution in [0.15, 0.2) is 42.5 Å². The van der Waals surface area contributed by atoms with Crippen LogP contribution >= 0.6 is 0 Å². The Hall–Kier alpha value is -3.40. The number of carbonyl (C=O) groups is 3. The molecule has 0 bridgehead atoms. The van der Waals surface area contributed by atoms with Crippen molar-refractivity contribution in [2.75, 3.05) is 36.6 Å².